The van der Waals surface area contributed by atoms with Crippen LogP contribution in [0.4, 0.5) is 0 Å². The number of benzene rings is 1. The molecule has 0 saturated heterocycles. The number of aromatic nitrogens is 5. The van der Waals surface area contributed by atoms with Gasteiger partial charge in [-0.05, 0) is 49.5 Å². The van der Waals surface area contributed by atoms with Crippen molar-refractivity contribution in [2.75, 3.05) is 6.54 Å². The van der Waals surface area contributed by atoms with Crippen molar-refractivity contribution in [3.8, 4) is 11.6 Å². The Morgan fingerprint density at radius 3 is 2.85 bits per heavy atom. The standard InChI is InChI=1S/C25H28N6O2/c1-2-13-31-16-20(15-28-31)23(32)27-14-17-7-9-19(10-8-17)24-29-30-25(33-24)22-21-6-4-3-5-18(21)11-12-26-22/h3-6,11-12,15-17,19H,2,7-10,13-14H2,1H3,(H,27,32). The Kier molecular flexibility index (Phi) is 6.15. The summed E-state index contributed by atoms with van der Waals surface area (Å²) < 4.78 is 7.88. The van der Waals surface area contributed by atoms with Gasteiger partial charge in [0.1, 0.15) is 5.69 Å². The number of nitrogens with one attached hydrogen (secondary N) is 1. The molecule has 1 N–H and O–H groups in total. The van der Waals surface area contributed by atoms with Gasteiger partial charge in [0.25, 0.3) is 11.8 Å². The predicted molar refractivity (Wildman–Crippen MR) is 125 cm³/mol. The summed E-state index contributed by atoms with van der Waals surface area (Å²) in [5.41, 5.74) is 1.35. The first-order valence-corrected chi connectivity index (χ1v) is 11.7. The van der Waals surface area contributed by atoms with E-state index in [-0.39, 0.29) is 11.8 Å². The van der Waals surface area contributed by atoms with Crippen molar-refractivity contribution >= 4 is 16.7 Å². The largest absolute Gasteiger partial charge is 0.419 e. The van der Waals surface area contributed by atoms with Crippen LogP contribution >= 0.6 is 0 Å². The molecule has 8 nitrogen and oxygen atoms in total. The molecule has 1 saturated carbocycles. The Bertz CT molecular complexity index is 1230. The maximum atomic E-state index is 12.4. The monoisotopic (exact) mass is 444 g/mol. The highest BCUT2D eigenvalue weighted by atomic mass is 16.4. The van der Waals surface area contributed by atoms with Crippen LogP contribution in [0.1, 0.15) is 61.2 Å². The molecule has 1 aromatic carbocycles. The Hall–Kier alpha value is -3.55. The molecule has 0 spiro atoms. The molecular formula is C25H28N6O2. The van der Waals surface area contributed by atoms with Crippen LogP contribution in [-0.4, -0.2) is 37.4 Å². The van der Waals surface area contributed by atoms with Gasteiger partial charge in [-0.3, -0.25) is 14.5 Å². The summed E-state index contributed by atoms with van der Waals surface area (Å²) in [6.45, 7) is 3.60. The predicted octanol–water partition coefficient (Wildman–Crippen LogP) is 4.60. The first-order chi connectivity index (χ1) is 16.2. The molecular weight excluding hydrogens is 416 g/mol. The number of hydrogen-bond donors (Lipinski definition) is 1. The average molecular weight is 445 g/mol. The van der Waals surface area contributed by atoms with Gasteiger partial charge in [0.2, 0.25) is 5.89 Å². The second-order valence-corrected chi connectivity index (χ2v) is 8.75. The van der Waals surface area contributed by atoms with E-state index in [9.17, 15) is 4.79 Å². The molecule has 3 aromatic heterocycles. The Morgan fingerprint density at radius 1 is 1.15 bits per heavy atom. The third-order valence-corrected chi connectivity index (χ3v) is 6.41. The minimum atomic E-state index is -0.0522. The number of pyridine rings is 1. The molecule has 170 valence electrons. The highest BCUT2D eigenvalue weighted by molar-refractivity contribution is 5.93. The van der Waals surface area contributed by atoms with Crippen molar-refractivity contribution in [1.82, 2.24) is 30.3 Å². The first kappa shape index (κ1) is 21.3. The van der Waals surface area contributed by atoms with Crippen molar-refractivity contribution in [1.29, 1.82) is 0 Å². The lowest BCUT2D eigenvalue weighted by Crippen LogP contribution is -2.31. The molecule has 1 amide bonds. The molecule has 1 fully saturated rings. The molecule has 5 rings (SSSR count). The summed E-state index contributed by atoms with van der Waals surface area (Å²) in [5, 5.41) is 18.1. The van der Waals surface area contributed by atoms with Gasteiger partial charge in [-0.1, -0.05) is 31.2 Å². The maximum Gasteiger partial charge on any atom is 0.266 e. The number of nitrogens with zero attached hydrogens (tertiary/aromatic N) is 5. The lowest BCUT2D eigenvalue weighted by molar-refractivity contribution is 0.0942. The summed E-state index contributed by atoms with van der Waals surface area (Å²) in [5.74, 6) is 1.81. The molecule has 33 heavy (non-hydrogen) atoms. The van der Waals surface area contributed by atoms with E-state index >= 15 is 0 Å². The molecule has 4 aromatic rings. The number of fused-ring (bicyclic) bond motifs is 1. The Labute approximate surface area is 192 Å². The molecule has 1 aliphatic rings. The van der Waals surface area contributed by atoms with Crippen LogP contribution in [0, 0.1) is 5.92 Å². The van der Waals surface area contributed by atoms with Crippen LogP contribution in [0.3, 0.4) is 0 Å². The molecule has 0 atom stereocenters. The van der Waals surface area contributed by atoms with Crippen LogP contribution in [0.2, 0.25) is 0 Å². The van der Waals surface area contributed by atoms with Gasteiger partial charge in [-0.25, -0.2) is 0 Å². The van der Waals surface area contributed by atoms with Gasteiger partial charge < -0.3 is 9.73 Å². The highest BCUT2D eigenvalue weighted by Crippen LogP contribution is 2.36. The van der Waals surface area contributed by atoms with Crippen molar-refractivity contribution in [2.24, 2.45) is 5.92 Å². The number of amides is 1. The van der Waals surface area contributed by atoms with Gasteiger partial charge in [0.15, 0.2) is 0 Å². The lowest BCUT2D eigenvalue weighted by atomic mass is 9.82. The van der Waals surface area contributed by atoms with Crippen molar-refractivity contribution in [3.63, 3.8) is 0 Å². The van der Waals surface area contributed by atoms with E-state index < -0.39 is 0 Å². The van der Waals surface area contributed by atoms with Crippen molar-refractivity contribution < 1.29 is 9.21 Å². The zero-order valence-electron chi connectivity index (χ0n) is 18.8. The van der Waals surface area contributed by atoms with E-state index in [4.69, 9.17) is 4.42 Å². The smallest absolute Gasteiger partial charge is 0.266 e. The lowest BCUT2D eigenvalue weighted by Gasteiger charge is -2.26. The third kappa shape index (κ3) is 4.65. The fourth-order valence-corrected chi connectivity index (χ4v) is 4.57. The van der Waals surface area contributed by atoms with Gasteiger partial charge in [0.05, 0.1) is 11.8 Å². The summed E-state index contributed by atoms with van der Waals surface area (Å²) in [6.07, 6.45) is 10.2. The summed E-state index contributed by atoms with van der Waals surface area (Å²) in [4.78, 5) is 16.9. The van der Waals surface area contributed by atoms with E-state index in [1.807, 2.05) is 35.1 Å². The number of aryl methyl sites for hydroxylation is 1. The first-order valence-electron chi connectivity index (χ1n) is 11.7. The highest BCUT2D eigenvalue weighted by Gasteiger charge is 2.27. The summed E-state index contributed by atoms with van der Waals surface area (Å²) in [6, 6.07) is 10.0. The minimum Gasteiger partial charge on any atom is -0.419 e. The topological polar surface area (TPSA) is 98.7 Å². The van der Waals surface area contributed by atoms with Gasteiger partial charge in [0, 0.05) is 36.8 Å². The minimum absolute atomic E-state index is 0.0522. The van der Waals surface area contributed by atoms with Crippen molar-refractivity contribution in [3.05, 3.63) is 60.4 Å². The van der Waals surface area contributed by atoms with Gasteiger partial charge in [-0.2, -0.15) is 5.10 Å². The number of hydrogen-bond acceptors (Lipinski definition) is 6. The molecule has 0 aliphatic heterocycles. The number of rotatable bonds is 7. The molecule has 0 bridgehead atoms. The Balaban J connectivity index is 1.16. The van der Waals surface area contributed by atoms with Crippen LogP contribution in [0.5, 0.6) is 0 Å². The quantitative estimate of drug-likeness (QED) is 0.447. The molecule has 8 heteroatoms. The van der Waals surface area contributed by atoms with E-state index in [1.54, 1.807) is 12.4 Å². The number of carbonyl (C=O) groups is 1. The normalized spacial score (nSPS) is 18.5. The maximum absolute atomic E-state index is 12.4. The molecule has 3 heterocycles. The molecule has 1 aliphatic carbocycles. The van der Waals surface area contributed by atoms with E-state index in [1.165, 1.54) is 0 Å². The second-order valence-electron chi connectivity index (χ2n) is 8.75. The SMILES string of the molecule is CCCn1cc(C(=O)NCC2CCC(c3nnc(-c4nccc5ccccc45)o3)CC2)cn1. The van der Waals surface area contributed by atoms with Gasteiger partial charge >= 0.3 is 0 Å². The summed E-state index contributed by atoms with van der Waals surface area (Å²) >= 11 is 0. The van der Waals surface area contributed by atoms with Gasteiger partial charge in [-0.15, -0.1) is 10.2 Å². The van der Waals surface area contributed by atoms with Crippen molar-refractivity contribution in [2.45, 2.75) is 51.5 Å². The second kappa shape index (κ2) is 9.52. The van der Waals surface area contributed by atoms with Crippen LogP contribution in [-0.2, 0) is 6.54 Å². The zero-order chi connectivity index (χ0) is 22.6. The Morgan fingerprint density at radius 2 is 2.00 bits per heavy atom. The van der Waals surface area contributed by atoms with E-state index in [0.29, 0.717) is 29.8 Å². The third-order valence-electron chi connectivity index (χ3n) is 6.41. The zero-order valence-corrected chi connectivity index (χ0v) is 18.8. The fraction of sp³-hybridized carbons (Fsp3) is 0.400. The van der Waals surface area contributed by atoms with Crippen LogP contribution in [0.25, 0.3) is 22.4 Å². The van der Waals surface area contributed by atoms with Crippen LogP contribution in [0.15, 0.2) is 53.3 Å². The fourth-order valence-electron chi connectivity index (χ4n) is 4.57. The van der Waals surface area contributed by atoms with Crippen LogP contribution < -0.4 is 5.32 Å². The van der Waals surface area contributed by atoms with E-state index in [0.717, 1.165) is 55.1 Å². The average Bonchev–Trinajstić information content (AvgIpc) is 3.53. The number of carbonyl (C=O) groups excluding carboxylic acids is 1. The summed E-state index contributed by atoms with van der Waals surface area (Å²) in [7, 11) is 0. The molecule has 0 unspecified atom stereocenters. The van der Waals surface area contributed by atoms with E-state index in [2.05, 4.69) is 38.6 Å². The molecule has 0 radical (unpaired) electrons.